The minimum atomic E-state index is -1.63. The van der Waals surface area contributed by atoms with E-state index in [4.69, 9.17) is 9.47 Å². The van der Waals surface area contributed by atoms with Gasteiger partial charge < -0.3 is 14.6 Å². The summed E-state index contributed by atoms with van der Waals surface area (Å²) in [5.74, 6) is -4.84. The Bertz CT molecular complexity index is 724. The summed E-state index contributed by atoms with van der Waals surface area (Å²) in [5.41, 5.74) is -0.0108. The molecule has 6 heteroatoms. The first-order valence-corrected chi connectivity index (χ1v) is 9.66. The quantitative estimate of drug-likeness (QED) is 0.614. The van der Waals surface area contributed by atoms with Gasteiger partial charge in [0.2, 0.25) is 0 Å². The minimum absolute atomic E-state index is 0.314. The number of esters is 2. The number of hydrogen-bond donors (Lipinski definition) is 1. The highest BCUT2D eigenvalue weighted by molar-refractivity contribution is 6.02. The SMILES string of the molecule is Cc1ccc([C@H]2[C@H](C(=O)OC(C)C)C(=O)C[C@@](C)(O)[C@@H]2C(=O)OC(C)C)cc1. The van der Waals surface area contributed by atoms with Gasteiger partial charge in [-0.3, -0.25) is 14.4 Å². The van der Waals surface area contributed by atoms with E-state index in [9.17, 15) is 19.5 Å². The number of ketones is 1. The van der Waals surface area contributed by atoms with Crippen LogP contribution in [0.25, 0.3) is 0 Å². The van der Waals surface area contributed by atoms with Crippen molar-refractivity contribution >= 4 is 17.7 Å². The molecule has 4 atom stereocenters. The number of hydrogen-bond acceptors (Lipinski definition) is 6. The maximum Gasteiger partial charge on any atom is 0.317 e. The molecule has 1 N–H and O–H groups in total. The first-order valence-electron chi connectivity index (χ1n) is 9.66. The van der Waals surface area contributed by atoms with Gasteiger partial charge in [0, 0.05) is 12.3 Å². The summed E-state index contributed by atoms with van der Waals surface area (Å²) in [7, 11) is 0. The normalized spacial score (nSPS) is 27.8. The molecule has 0 bridgehead atoms. The number of ether oxygens (including phenoxy) is 2. The van der Waals surface area contributed by atoms with Crippen molar-refractivity contribution in [1.82, 2.24) is 0 Å². The molecule has 28 heavy (non-hydrogen) atoms. The van der Waals surface area contributed by atoms with Gasteiger partial charge in [-0.05, 0) is 47.1 Å². The Morgan fingerprint density at radius 1 is 1.04 bits per heavy atom. The highest BCUT2D eigenvalue weighted by Crippen LogP contribution is 2.47. The third-order valence-corrected chi connectivity index (χ3v) is 4.94. The van der Waals surface area contributed by atoms with Crippen molar-refractivity contribution in [2.45, 2.75) is 71.7 Å². The molecule has 1 fully saturated rings. The summed E-state index contributed by atoms with van der Waals surface area (Å²) in [4.78, 5) is 38.6. The molecule has 1 aromatic carbocycles. The van der Waals surface area contributed by atoms with Gasteiger partial charge in [0.05, 0.1) is 23.7 Å². The largest absolute Gasteiger partial charge is 0.463 e. The van der Waals surface area contributed by atoms with Crippen LogP contribution < -0.4 is 0 Å². The number of rotatable bonds is 5. The minimum Gasteiger partial charge on any atom is -0.463 e. The van der Waals surface area contributed by atoms with Crippen LogP contribution in [0.4, 0.5) is 0 Å². The molecule has 0 aromatic heterocycles. The summed E-state index contributed by atoms with van der Waals surface area (Å²) < 4.78 is 10.7. The van der Waals surface area contributed by atoms with Crippen molar-refractivity contribution in [1.29, 1.82) is 0 Å². The third-order valence-electron chi connectivity index (χ3n) is 4.94. The predicted octanol–water partition coefficient (Wildman–Crippen LogP) is 2.94. The fraction of sp³-hybridized carbons (Fsp3) is 0.591. The molecule has 2 rings (SSSR count). The van der Waals surface area contributed by atoms with Gasteiger partial charge in [-0.1, -0.05) is 29.8 Å². The second-order valence-electron chi connectivity index (χ2n) is 8.36. The molecule has 0 saturated heterocycles. The lowest BCUT2D eigenvalue weighted by molar-refractivity contribution is -0.176. The molecule has 1 aromatic rings. The van der Waals surface area contributed by atoms with E-state index in [0.717, 1.165) is 5.56 Å². The van der Waals surface area contributed by atoms with Crippen molar-refractivity contribution < 1.29 is 29.0 Å². The summed E-state index contributed by atoms with van der Waals surface area (Å²) in [6.45, 7) is 10.2. The number of aliphatic hydroxyl groups is 1. The van der Waals surface area contributed by atoms with E-state index >= 15 is 0 Å². The first kappa shape index (κ1) is 22.1. The molecule has 6 nitrogen and oxygen atoms in total. The van der Waals surface area contributed by atoms with Crippen LogP contribution in [-0.2, 0) is 23.9 Å². The van der Waals surface area contributed by atoms with Crippen molar-refractivity contribution in [3.8, 4) is 0 Å². The topological polar surface area (TPSA) is 89.9 Å². The van der Waals surface area contributed by atoms with E-state index in [1.165, 1.54) is 6.92 Å². The van der Waals surface area contributed by atoms with Crippen LogP contribution in [0.3, 0.4) is 0 Å². The summed E-state index contributed by atoms with van der Waals surface area (Å²) in [6.07, 6.45) is -1.10. The maximum atomic E-state index is 12.9. The van der Waals surface area contributed by atoms with E-state index < -0.39 is 47.2 Å². The van der Waals surface area contributed by atoms with Gasteiger partial charge in [-0.2, -0.15) is 0 Å². The fourth-order valence-electron chi connectivity index (χ4n) is 3.82. The predicted molar refractivity (Wildman–Crippen MR) is 104 cm³/mol. The molecule has 1 saturated carbocycles. The lowest BCUT2D eigenvalue weighted by Crippen LogP contribution is -2.55. The van der Waals surface area contributed by atoms with Crippen molar-refractivity contribution in [2.75, 3.05) is 0 Å². The van der Waals surface area contributed by atoms with E-state index in [-0.39, 0.29) is 12.5 Å². The van der Waals surface area contributed by atoms with Gasteiger partial charge in [0.1, 0.15) is 5.92 Å². The molecule has 154 valence electrons. The molecular weight excluding hydrogens is 360 g/mol. The van der Waals surface area contributed by atoms with Gasteiger partial charge in [-0.25, -0.2) is 0 Å². The third kappa shape index (κ3) is 4.79. The summed E-state index contributed by atoms with van der Waals surface area (Å²) in [5, 5.41) is 11.0. The zero-order valence-electron chi connectivity index (χ0n) is 17.4. The Kier molecular flexibility index (Phi) is 6.65. The fourth-order valence-corrected chi connectivity index (χ4v) is 3.82. The highest BCUT2D eigenvalue weighted by Gasteiger charge is 2.57. The van der Waals surface area contributed by atoms with Crippen LogP contribution >= 0.6 is 0 Å². The number of Topliss-reactive ketones (excluding diaryl/α,β-unsaturated/α-hetero) is 1. The van der Waals surface area contributed by atoms with Crippen molar-refractivity contribution in [2.24, 2.45) is 11.8 Å². The molecule has 1 aliphatic rings. The highest BCUT2D eigenvalue weighted by atomic mass is 16.5. The number of carbonyl (C=O) groups is 3. The average Bonchev–Trinajstić information content (AvgIpc) is 2.52. The maximum absolute atomic E-state index is 12.9. The lowest BCUT2D eigenvalue weighted by Gasteiger charge is -2.44. The van der Waals surface area contributed by atoms with Crippen LogP contribution in [-0.4, -0.2) is 40.6 Å². The van der Waals surface area contributed by atoms with E-state index in [1.807, 2.05) is 19.1 Å². The van der Waals surface area contributed by atoms with E-state index in [0.29, 0.717) is 5.56 Å². The van der Waals surface area contributed by atoms with Gasteiger partial charge >= 0.3 is 11.9 Å². The lowest BCUT2D eigenvalue weighted by atomic mass is 9.61. The zero-order chi connectivity index (χ0) is 21.2. The second kappa shape index (κ2) is 8.43. The van der Waals surface area contributed by atoms with Crippen molar-refractivity contribution in [3.63, 3.8) is 0 Å². The average molecular weight is 390 g/mol. The van der Waals surface area contributed by atoms with Crippen LogP contribution in [0.2, 0.25) is 0 Å². The van der Waals surface area contributed by atoms with Crippen LogP contribution in [0.1, 0.15) is 58.1 Å². The molecule has 0 unspecified atom stereocenters. The smallest absolute Gasteiger partial charge is 0.317 e. The molecule has 0 amide bonds. The molecule has 1 aliphatic carbocycles. The zero-order valence-corrected chi connectivity index (χ0v) is 17.4. The number of benzene rings is 1. The molecule has 0 aliphatic heterocycles. The monoisotopic (exact) mass is 390 g/mol. The van der Waals surface area contributed by atoms with Gasteiger partial charge in [-0.15, -0.1) is 0 Å². The molecule has 0 heterocycles. The van der Waals surface area contributed by atoms with Crippen molar-refractivity contribution in [3.05, 3.63) is 35.4 Å². The number of aryl methyl sites for hydroxylation is 1. The first-order chi connectivity index (χ1) is 12.9. The van der Waals surface area contributed by atoms with E-state index in [1.54, 1.807) is 39.8 Å². The van der Waals surface area contributed by atoms with Crippen LogP contribution in [0.5, 0.6) is 0 Å². The molecule has 0 radical (unpaired) electrons. The van der Waals surface area contributed by atoms with Crippen LogP contribution in [0.15, 0.2) is 24.3 Å². The Balaban J connectivity index is 2.59. The standard InChI is InChI=1S/C22H30O6/c1-12(2)27-20(24)18-16(23)11-22(6,26)19(21(25)28-13(3)4)17(18)15-9-7-14(5)8-10-15/h7-10,12-13,17-19,26H,11H2,1-6H3/t17-,18+,19-,22+/m0/s1. The second-order valence-corrected chi connectivity index (χ2v) is 8.36. The summed E-state index contributed by atoms with van der Waals surface area (Å²) >= 11 is 0. The molecule has 0 spiro atoms. The van der Waals surface area contributed by atoms with Gasteiger partial charge in [0.15, 0.2) is 5.78 Å². The molecular formula is C22H30O6. The Hall–Kier alpha value is -2.21. The Morgan fingerprint density at radius 2 is 1.54 bits per heavy atom. The Morgan fingerprint density at radius 3 is 2.04 bits per heavy atom. The number of carbonyl (C=O) groups excluding carboxylic acids is 3. The van der Waals surface area contributed by atoms with Crippen LogP contribution in [0, 0.1) is 18.8 Å². The van der Waals surface area contributed by atoms with Gasteiger partial charge in [0.25, 0.3) is 0 Å². The van der Waals surface area contributed by atoms with E-state index in [2.05, 4.69) is 0 Å². The Labute approximate surface area is 166 Å². The summed E-state index contributed by atoms with van der Waals surface area (Å²) in [6, 6.07) is 7.25.